The van der Waals surface area contributed by atoms with Crippen LogP contribution in [-0.4, -0.2) is 10.7 Å². The van der Waals surface area contributed by atoms with Crippen molar-refractivity contribution in [1.82, 2.24) is 0 Å². The molecule has 0 radical (unpaired) electrons. The van der Waals surface area contributed by atoms with Crippen LogP contribution in [0, 0.1) is 5.41 Å². The Labute approximate surface area is 103 Å². The molecule has 1 aliphatic rings. The van der Waals surface area contributed by atoms with Gasteiger partial charge in [0.1, 0.15) is 6.61 Å². The highest BCUT2D eigenvalue weighted by Gasteiger charge is 2.57. The average Bonchev–Trinajstić information content (AvgIpc) is 3.07. The topological polar surface area (TPSA) is 29.5 Å². The molecule has 0 saturated heterocycles. The molecule has 2 heteroatoms. The first-order valence-corrected chi connectivity index (χ1v) is 6.04. The van der Waals surface area contributed by atoms with Gasteiger partial charge < -0.3 is 9.84 Å². The van der Waals surface area contributed by atoms with Crippen molar-refractivity contribution >= 4 is 0 Å². The van der Waals surface area contributed by atoms with E-state index in [-0.39, 0.29) is 5.41 Å². The van der Waals surface area contributed by atoms with Gasteiger partial charge in [-0.2, -0.15) is 0 Å². The molecule has 1 fully saturated rings. The van der Waals surface area contributed by atoms with E-state index in [0.717, 1.165) is 18.4 Å². The van der Waals surface area contributed by atoms with E-state index in [1.54, 1.807) is 0 Å². The van der Waals surface area contributed by atoms with E-state index >= 15 is 0 Å². The van der Waals surface area contributed by atoms with Gasteiger partial charge in [0, 0.05) is 0 Å². The fraction of sp³-hybridized carbons (Fsp3) is 0.467. The summed E-state index contributed by atoms with van der Waals surface area (Å²) in [5, 5.41) is 10.1. The lowest BCUT2D eigenvalue weighted by Crippen LogP contribution is -2.34. The Balaban J connectivity index is 1.95. The highest BCUT2D eigenvalue weighted by molar-refractivity contribution is 5.21. The maximum Gasteiger partial charge on any atom is 0.113 e. The maximum atomic E-state index is 10.1. The number of aliphatic hydroxyl groups is 1. The molecule has 0 unspecified atom stereocenters. The predicted molar refractivity (Wildman–Crippen MR) is 68.3 cm³/mol. The number of rotatable bonds is 5. The van der Waals surface area contributed by atoms with Crippen molar-refractivity contribution in [3.63, 3.8) is 0 Å². The molecule has 1 aliphatic carbocycles. The lowest BCUT2D eigenvalue weighted by atomic mass is 9.86. The lowest BCUT2D eigenvalue weighted by Gasteiger charge is -2.30. The third-order valence-corrected chi connectivity index (χ3v) is 3.71. The van der Waals surface area contributed by atoms with Crippen LogP contribution in [0.25, 0.3) is 0 Å². The van der Waals surface area contributed by atoms with Crippen molar-refractivity contribution in [2.24, 2.45) is 5.41 Å². The molecule has 1 aromatic rings. The highest BCUT2D eigenvalue weighted by Crippen LogP contribution is 2.59. The molecule has 0 bridgehead atoms. The quantitative estimate of drug-likeness (QED) is 0.789. The zero-order valence-corrected chi connectivity index (χ0v) is 10.6. The number of benzene rings is 1. The van der Waals surface area contributed by atoms with E-state index in [1.807, 2.05) is 44.2 Å². The van der Waals surface area contributed by atoms with Crippen molar-refractivity contribution in [2.45, 2.75) is 38.9 Å². The summed E-state index contributed by atoms with van der Waals surface area (Å²) in [5.41, 5.74) is 0.142. The van der Waals surface area contributed by atoms with Crippen LogP contribution in [0.5, 0.6) is 0 Å². The molecular weight excluding hydrogens is 212 g/mol. The highest BCUT2D eigenvalue weighted by atomic mass is 16.5. The fourth-order valence-electron chi connectivity index (χ4n) is 2.24. The summed E-state index contributed by atoms with van der Waals surface area (Å²) >= 11 is 0. The molecule has 2 rings (SSSR count). The van der Waals surface area contributed by atoms with Crippen LogP contribution in [-0.2, 0) is 11.3 Å². The molecule has 0 aromatic heterocycles. The van der Waals surface area contributed by atoms with Crippen molar-refractivity contribution < 1.29 is 9.84 Å². The Morgan fingerprint density at radius 1 is 1.35 bits per heavy atom. The summed E-state index contributed by atoms with van der Waals surface area (Å²) in [5.74, 6) is 0.717. The van der Waals surface area contributed by atoms with Gasteiger partial charge >= 0.3 is 0 Å². The third kappa shape index (κ3) is 2.37. The van der Waals surface area contributed by atoms with E-state index in [9.17, 15) is 5.11 Å². The molecule has 1 saturated carbocycles. The van der Waals surface area contributed by atoms with Gasteiger partial charge in [0.05, 0.1) is 16.8 Å². The van der Waals surface area contributed by atoms with Crippen LogP contribution < -0.4 is 0 Å². The van der Waals surface area contributed by atoms with Crippen molar-refractivity contribution in [1.29, 1.82) is 0 Å². The van der Waals surface area contributed by atoms with E-state index in [0.29, 0.717) is 12.4 Å². The smallest absolute Gasteiger partial charge is 0.113 e. The summed E-state index contributed by atoms with van der Waals surface area (Å²) in [6.07, 6.45) is 1.92. The average molecular weight is 232 g/mol. The maximum absolute atomic E-state index is 10.1. The van der Waals surface area contributed by atoms with Crippen LogP contribution in [0.4, 0.5) is 0 Å². The van der Waals surface area contributed by atoms with Gasteiger partial charge in [-0.05, 0) is 32.3 Å². The largest absolute Gasteiger partial charge is 0.493 e. The van der Waals surface area contributed by atoms with Crippen LogP contribution in [0.2, 0.25) is 0 Å². The molecule has 17 heavy (non-hydrogen) atoms. The van der Waals surface area contributed by atoms with Gasteiger partial charge in [-0.25, -0.2) is 0 Å². The second-order valence-corrected chi connectivity index (χ2v) is 5.34. The Morgan fingerprint density at radius 2 is 1.94 bits per heavy atom. The number of ether oxygens (including phenoxy) is 1. The number of hydrogen-bond donors (Lipinski definition) is 1. The molecule has 2 nitrogen and oxygen atoms in total. The van der Waals surface area contributed by atoms with Gasteiger partial charge in [0.15, 0.2) is 0 Å². The molecule has 92 valence electrons. The summed E-state index contributed by atoms with van der Waals surface area (Å²) in [7, 11) is 0. The van der Waals surface area contributed by atoms with Crippen LogP contribution in [0.3, 0.4) is 0 Å². The molecule has 1 aromatic carbocycles. The van der Waals surface area contributed by atoms with Gasteiger partial charge in [-0.1, -0.05) is 36.9 Å². The van der Waals surface area contributed by atoms with Crippen molar-refractivity contribution in [2.75, 3.05) is 0 Å². The van der Waals surface area contributed by atoms with Crippen LogP contribution >= 0.6 is 0 Å². The zero-order chi connectivity index (χ0) is 12.5. The van der Waals surface area contributed by atoms with Gasteiger partial charge in [-0.15, -0.1) is 0 Å². The summed E-state index contributed by atoms with van der Waals surface area (Å²) < 4.78 is 5.73. The van der Waals surface area contributed by atoms with Crippen molar-refractivity contribution in [3.05, 3.63) is 48.2 Å². The normalized spacial score (nSPS) is 17.6. The Kier molecular flexibility index (Phi) is 3.00. The summed E-state index contributed by atoms with van der Waals surface area (Å²) in [4.78, 5) is 0. The first-order chi connectivity index (χ1) is 7.96. The summed E-state index contributed by atoms with van der Waals surface area (Å²) in [6.45, 7) is 8.17. The first kappa shape index (κ1) is 12.2. The van der Waals surface area contributed by atoms with Crippen molar-refractivity contribution in [3.8, 4) is 0 Å². The van der Waals surface area contributed by atoms with E-state index in [4.69, 9.17) is 4.74 Å². The first-order valence-electron chi connectivity index (χ1n) is 6.04. The Bertz CT molecular complexity index is 397. The van der Waals surface area contributed by atoms with E-state index in [2.05, 4.69) is 6.58 Å². The van der Waals surface area contributed by atoms with Crippen LogP contribution in [0.15, 0.2) is 42.7 Å². The number of hydrogen-bond acceptors (Lipinski definition) is 2. The van der Waals surface area contributed by atoms with Gasteiger partial charge in [-0.3, -0.25) is 0 Å². The second-order valence-electron chi connectivity index (χ2n) is 5.34. The minimum absolute atomic E-state index is 0.234. The summed E-state index contributed by atoms with van der Waals surface area (Å²) in [6, 6.07) is 10.0. The molecule has 0 heterocycles. The van der Waals surface area contributed by atoms with Crippen LogP contribution in [0.1, 0.15) is 32.3 Å². The molecule has 1 N–H and O–H groups in total. The fourth-order valence-corrected chi connectivity index (χ4v) is 2.24. The molecule has 0 atom stereocenters. The monoisotopic (exact) mass is 232 g/mol. The second kappa shape index (κ2) is 4.19. The molecule has 0 amide bonds. The van der Waals surface area contributed by atoms with Gasteiger partial charge in [0.25, 0.3) is 0 Å². The predicted octanol–water partition coefficient (Wildman–Crippen LogP) is 3.27. The SMILES string of the molecule is C=C(OCc1ccccc1)C1(C(C)(C)O)CC1. The molecule has 0 aliphatic heterocycles. The molecule has 0 spiro atoms. The minimum Gasteiger partial charge on any atom is -0.493 e. The Morgan fingerprint density at radius 3 is 2.41 bits per heavy atom. The Hall–Kier alpha value is -1.28. The lowest BCUT2D eigenvalue weighted by molar-refractivity contribution is -0.0115. The standard InChI is InChI=1S/C15H20O2/c1-12(15(9-10-15)14(2,3)16)17-11-13-7-5-4-6-8-13/h4-8,16H,1,9-11H2,2-3H3. The molecular formula is C15H20O2. The van der Waals surface area contributed by atoms with E-state index in [1.165, 1.54) is 0 Å². The van der Waals surface area contributed by atoms with E-state index < -0.39 is 5.60 Å². The minimum atomic E-state index is -0.749. The third-order valence-electron chi connectivity index (χ3n) is 3.71. The van der Waals surface area contributed by atoms with Gasteiger partial charge in [0.2, 0.25) is 0 Å². The zero-order valence-electron chi connectivity index (χ0n) is 10.6.